The lowest BCUT2D eigenvalue weighted by Gasteiger charge is -2.13. The molecule has 0 spiro atoms. The molecule has 7 heteroatoms. The fourth-order valence-electron chi connectivity index (χ4n) is 3.20. The molecule has 0 aliphatic heterocycles. The molecule has 0 atom stereocenters. The average molecular weight is 428 g/mol. The Morgan fingerprint density at radius 1 is 1.03 bits per heavy atom. The fourth-order valence-corrected chi connectivity index (χ4v) is 3.20. The molecule has 0 saturated heterocycles. The second-order valence-electron chi connectivity index (χ2n) is 7.63. The van der Waals surface area contributed by atoms with Crippen LogP contribution in [-0.2, 0) is 6.61 Å². The van der Waals surface area contributed by atoms with Crippen molar-refractivity contribution in [2.24, 2.45) is 0 Å². The van der Waals surface area contributed by atoms with Gasteiger partial charge < -0.3 is 19.9 Å². The van der Waals surface area contributed by atoms with Gasteiger partial charge in [0.15, 0.2) is 0 Å². The van der Waals surface area contributed by atoms with Crippen LogP contribution in [0.2, 0.25) is 0 Å². The number of carbonyl (C=O) groups is 1. The van der Waals surface area contributed by atoms with Crippen molar-refractivity contribution >= 4 is 17.3 Å². The standard InChI is InChI=1S/C25H25N5O2/c1-17-4-5-19(24-27-12-13-28-24)14-23(17)29-25(31)18-6-8-22(9-7-18)32-16-20-15-21(30(2)3)10-11-26-20/h4-15H,16H2,1-3H3,(H,27,28)(H,29,31). The van der Waals surface area contributed by atoms with Crippen LogP contribution in [0.3, 0.4) is 0 Å². The molecule has 162 valence electrons. The van der Waals surface area contributed by atoms with Crippen molar-refractivity contribution in [3.63, 3.8) is 0 Å². The van der Waals surface area contributed by atoms with E-state index in [1.165, 1.54) is 0 Å². The third-order valence-corrected chi connectivity index (χ3v) is 5.08. The summed E-state index contributed by atoms with van der Waals surface area (Å²) < 4.78 is 5.83. The molecular weight excluding hydrogens is 402 g/mol. The number of anilines is 2. The maximum absolute atomic E-state index is 12.8. The van der Waals surface area contributed by atoms with Gasteiger partial charge in [0.05, 0.1) is 5.69 Å². The molecule has 32 heavy (non-hydrogen) atoms. The number of carbonyl (C=O) groups excluding carboxylic acids is 1. The SMILES string of the molecule is Cc1ccc(-c2ncc[nH]2)cc1NC(=O)c1ccc(OCc2cc(N(C)C)ccn2)cc1. The van der Waals surface area contributed by atoms with Gasteiger partial charge in [0.1, 0.15) is 18.2 Å². The van der Waals surface area contributed by atoms with E-state index >= 15 is 0 Å². The average Bonchev–Trinajstić information content (AvgIpc) is 3.34. The van der Waals surface area contributed by atoms with Gasteiger partial charge in [0.2, 0.25) is 0 Å². The third-order valence-electron chi connectivity index (χ3n) is 5.08. The van der Waals surface area contributed by atoms with E-state index in [2.05, 4.69) is 20.3 Å². The van der Waals surface area contributed by atoms with Crippen molar-refractivity contribution in [3.8, 4) is 17.1 Å². The highest BCUT2D eigenvalue weighted by atomic mass is 16.5. The molecule has 0 aliphatic carbocycles. The number of nitrogens with one attached hydrogen (secondary N) is 2. The van der Waals surface area contributed by atoms with Crippen LogP contribution in [0.4, 0.5) is 11.4 Å². The van der Waals surface area contributed by atoms with Gasteiger partial charge in [-0.2, -0.15) is 0 Å². The summed E-state index contributed by atoms with van der Waals surface area (Å²) in [6.07, 6.45) is 5.24. The van der Waals surface area contributed by atoms with Crippen LogP contribution < -0.4 is 15.0 Å². The minimum Gasteiger partial charge on any atom is -0.487 e. The Hall–Kier alpha value is -4.13. The molecule has 2 aromatic heterocycles. The topological polar surface area (TPSA) is 83.1 Å². The number of H-pyrrole nitrogens is 1. The van der Waals surface area contributed by atoms with Gasteiger partial charge in [-0.25, -0.2) is 4.98 Å². The van der Waals surface area contributed by atoms with Crippen LogP contribution in [0.15, 0.2) is 73.2 Å². The zero-order valence-electron chi connectivity index (χ0n) is 18.3. The highest BCUT2D eigenvalue weighted by molar-refractivity contribution is 6.05. The second-order valence-corrected chi connectivity index (χ2v) is 7.63. The Morgan fingerprint density at radius 2 is 1.84 bits per heavy atom. The first-order valence-corrected chi connectivity index (χ1v) is 10.3. The van der Waals surface area contributed by atoms with Crippen LogP contribution in [-0.4, -0.2) is 35.0 Å². The highest BCUT2D eigenvalue weighted by Gasteiger charge is 2.10. The van der Waals surface area contributed by atoms with Gasteiger partial charge in [-0.3, -0.25) is 9.78 Å². The quantitative estimate of drug-likeness (QED) is 0.448. The molecule has 0 saturated carbocycles. The minimum absolute atomic E-state index is 0.184. The Kier molecular flexibility index (Phi) is 6.17. The first-order valence-electron chi connectivity index (χ1n) is 10.3. The van der Waals surface area contributed by atoms with Crippen molar-refractivity contribution in [1.29, 1.82) is 0 Å². The van der Waals surface area contributed by atoms with Gasteiger partial charge in [0.25, 0.3) is 5.91 Å². The molecule has 2 aromatic carbocycles. The van der Waals surface area contributed by atoms with Gasteiger partial charge >= 0.3 is 0 Å². The highest BCUT2D eigenvalue weighted by Crippen LogP contribution is 2.24. The van der Waals surface area contributed by atoms with Crippen molar-refractivity contribution in [2.75, 3.05) is 24.3 Å². The van der Waals surface area contributed by atoms with Crippen LogP contribution in [0.25, 0.3) is 11.4 Å². The smallest absolute Gasteiger partial charge is 0.255 e. The Balaban J connectivity index is 1.40. The summed E-state index contributed by atoms with van der Waals surface area (Å²) in [5.74, 6) is 1.25. The number of amides is 1. The lowest BCUT2D eigenvalue weighted by atomic mass is 10.1. The number of aromatic nitrogens is 3. The van der Waals surface area contributed by atoms with E-state index in [1.54, 1.807) is 42.9 Å². The van der Waals surface area contributed by atoms with E-state index in [-0.39, 0.29) is 5.91 Å². The minimum atomic E-state index is -0.184. The van der Waals surface area contributed by atoms with Gasteiger partial charge in [-0.1, -0.05) is 12.1 Å². The molecule has 0 unspecified atom stereocenters. The number of ether oxygens (including phenoxy) is 1. The Labute approximate surface area is 187 Å². The molecule has 2 N–H and O–H groups in total. The maximum Gasteiger partial charge on any atom is 0.255 e. The number of aryl methyl sites for hydroxylation is 1. The molecule has 0 aliphatic rings. The summed E-state index contributed by atoms with van der Waals surface area (Å²) in [7, 11) is 3.97. The number of imidazole rings is 1. The molecule has 4 rings (SSSR count). The van der Waals surface area contributed by atoms with Crippen molar-refractivity contribution in [2.45, 2.75) is 13.5 Å². The lowest BCUT2D eigenvalue weighted by molar-refractivity contribution is 0.102. The molecule has 2 heterocycles. The number of hydrogen-bond donors (Lipinski definition) is 2. The molecule has 0 fully saturated rings. The lowest BCUT2D eigenvalue weighted by Crippen LogP contribution is -2.13. The third kappa shape index (κ3) is 4.95. The Bertz CT molecular complexity index is 1200. The largest absolute Gasteiger partial charge is 0.487 e. The summed E-state index contributed by atoms with van der Waals surface area (Å²) in [6.45, 7) is 2.31. The number of aromatic amines is 1. The second kappa shape index (κ2) is 9.34. The zero-order valence-corrected chi connectivity index (χ0v) is 18.3. The summed E-state index contributed by atoms with van der Waals surface area (Å²) in [5, 5.41) is 2.99. The fraction of sp³-hybridized carbons (Fsp3) is 0.160. The number of nitrogens with zero attached hydrogens (tertiary/aromatic N) is 3. The van der Waals surface area contributed by atoms with E-state index in [0.717, 1.165) is 34.0 Å². The molecule has 4 aromatic rings. The zero-order chi connectivity index (χ0) is 22.5. The predicted molar refractivity (Wildman–Crippen MR) is 126 cm³/mol. The summed E-state index contributed by atoms with van der Waals surface area (Å²) in [5.41, 5.74) is 5.08. The van der Waals surface area contributed by atoms with Crippen LogP contribution >= 0.6 is 0 Å². The summed E-state index contributed by atoms with van der Waals surface area (Å²) in [6, 6.07) is 16.9. The van der Waals surface area contributed by atoms with Gasteiger partial charge in [0, 0.05) is 55.2 Å². The first kappa shape index (κ1) is 21.1. The number of hydrogen-bond acceptors (Lipinski definition) is 5. The first-order chi connectivity index (χ1) is 15.5. The Morgan fingerprint density at radius 3 is 2.56 bits per heavy atom. The van der Waals surface area contributed by atoms with E-state index < -0.39 is 0 Å². The molecular formula is C25H25N5O2. The normalized spacial score (nSPS) is 10.6. The van der Waals surface area contributed by atoms with Crippen LogP contribution in [0, 0.1) is 6.92 Å². The molecule has 0 radical (unpaired) electrons. The van der Waals surface area contributed by atoms with Gasteiger partial charge in [-0.15, -0.1) is 0 Å². The summed E-state index contributed by atoms with van der Waals surface area (Å²) >= 11 is 0. The molecule has 1 amide bonds. The molecule has 7 nitrogen and oxygen atoms in total. The van der Waals surface area contributed by atoms with E-state index in [9.17, 15) is 4.79 Å². The summed E-state index contributed by atoms with van der Waals surface area (Å²) in [4.78, 5) is 26.5. The van der Waals surface area contributed by atoms with Crippen LogP contribution in [0.5, 0.6) is 5.75 Å². The number of benzene rings is 2. The van der Waals surface area contributed by atoms with Crippen molar-refractivity contribution in [1.82, 2.24) is 15.0 Å². The van der Waals surface area contributed by atoms with Gasteiger partial charge in [-0.05, 0) is 55.0 Å². The maximum atomic E-state index is 12.8. The van der Waals surface area contributed by atoms with Crippen molar-refractivity contribution in [3.05, 3.63) is 90.0 Å². The van der Waals surface area contributed by atoms with E-state index in [1.807, 2.05) is 56.3 Å². The number of pyridine rings is 1. The van der Waals surface area contributed by atoms with Crippen molar-refractivity contribution < 1.29 is 9.53 Å². The molecule has 0 bridgehead atoms. The van der Waals surface area contributed by atoms with Crippen LogP contribution in [0.1, 0.15) is 21.6 Å². The monoisotopic (exact) mass is 427 g/mol. The van der Waals surface area contributed by atoms with E-state index in [4.69, 9.17) is 4.74 Å². The number of rotatable bonds is 7. The predicted octanol–water partition coefficient (Wildman–Crippen LogP) is 4.68. The van der Waals surface area contributed by atoms with E-state index in [0.29, 0.717) is 17.9 Å².